The minimum atomic E-state index is -3.80. The molecule has 0 saturated carbocycles. The molecule has 0 bridgehead atoms. The first kappa shape index (κ1) is 15.0. The standard InChI is InChI=1S/C11H14N2O5S/c1-12-11(16)8-4-2-3-5-9(8)13-19(17,18)7-6-10(14)15/h2-5,13H,6-7H2,1H3,(H,12,16)(H,14,15). The van der Waals surface area contributed by atoms with Crippen molar-refractivity contribution in [1.29, 1.82) is 0 Å². The van der Waals surface area contributed by atoms with Crippen LogP contribution < -0.4 is 10.0 Å². The average molecular weight is 286 g/mol. The molecule has 0 heterocycles. The molecule has 0 fully saturated rings. The summed E-state index contributed by atoms with van der Waals surface area (Å²) in [4.78, 5) is 21.9. The van der Waals surface area contributed by atoms with Gasteiger partial charge in [0.25, 0.3) is 5.91 Å². The molecule has 1 aromatic carbocycles. The zero-order valence-electron chi connectivity index (χ0n) is 10.2. The fraction of sp³-hybridized carbons (Fsp3) is 0.273. The quantitative estimate of drug-likeness (QED) is 0.694. The van der Waals surface area contributed by atoms with E-state index in [0.29, 0.717) is 0 Å². The van der Waals surface area contributed by atoms with Gasteiger partial charge in [0, 0.05) is 7.05 Å². The van der Waals surface area contributed by atoms with Crippen LogP contribution in [0.25, 0.3) is 0 Å². The maximum atomic E-state index is 11.7. The zero-order chi connectivity index (χ0) is 14.5. The van der Waals surface area contributed by atoms with Gasteiger partial charge in [0.2, 0.25) is 10.0 Å². The van der Waals surface area contributed by atoms with E-state index in [9.17, 15) is 18.0 Å². The largest absolute Gasteiger partial charge is 0.481 e. The van der Waals surface area contributed by atoms with E-state index in [1.54, 1.807) is 12.1 Å². The van der Waals surface area contributed by atoms with Crippen molar-refractivity contribution in [2.24, 2.45) is 0 Å². The number of hydrogen-bond donors (Lipinski definition) is 3. The number of aliphatic carboxylic acids is 1. The number of anilines is 1. The van der Waals surface area contributed by atoms with Crippen LogP contribution in [0.15, 0.2) is 24.3 Å². The van der Waals surface area contributed by atoms with E-state index in [-0.39, 0.29) is 11.3 Å². The van der Waals surface area contributed by atoms with E-state index < -0.39 is 34.1 Å². The molecule has 0 aliphatic heterocycles. The van der Waals surface area contributed by atoms with Gasteiger partial charge in [-0.1, -0.05) is 12.1 Å². The number of hydrogen-bond acceptors (Lipinski definition) is 4. The summed E-state index contributed by atoms with van der Waals surface area (Å²) in [5.74, 6) is -2.19. The summed E-state index contributed by atoms with van der Waals surface area (Å²) in [6, 6.07) is 6.07. The molecular formula is C11H14N2O5S. The molecule has 19 heavy (non-hydrogen) atoms. The minimum Gasteiger partial charge on any atom is -0.481 e. The number of carboxylic acid groups (broad SMARTS) is 1. The molecule has 0 aliphatic carbocycles. The normalized spacial score (nSPS) is 10.8. The van der Waals surface area contributed by atoms with Crippen LogP contribution in [-0.4, -0.2) is 38.2 Å². The van der Waals surface area contributed by atoms with Crippen molar-refractivity contribution in [3.05, 3.63) is 29.8 Å². The van der Waals surface area contributed by atoms with E-state index in [1.165, 1.54) is 19.2 Å². The number of para-hydroxylation sites is 1. The van der Waals surface area contributed by atoms with Gasteiger partial charge in [-0.2, -0.15) is 0 Å². The third kappa shape index (κ3) is 4.59. The Balaban J connectivity index is 2.93. The van der Waals surface area contributed by atoms with E-state index >= 15 is 0 Å². The van der Waals surface area contributed by atoms with Crippen LogP contribution in [0.3, 0.4) is 0 Å². The summed E-state index contributed by atoms with van der Waals surface area (Å²) in [5, 5.41) is 10.9. The Hall–Kier alpha value is -2.09. The fourth-order valence-corrected chi connectivity index (χ4v) is 2.40. The summed E-state index contributed by atoms with van der Waals surface area (Å²) in [5.41, 5.74) is 0.288. The first-order valence-electron chi connectivity index (χ1n) is 5.39. The van der Waals surface area contributed by atoms with Gasteiger partial charge in [-0.05, 0) is 12.1 Å². The van der Waals surface area contributed by atoms with Crippen LogP contribution in [0, 0.1) is 0 Å². The molecule has 1 rings (SSSR count). The Morgan fingerprint density at radius 3 is 2.47 bits per heavy atom. The predicted molar refractivity (Wildman–Crippen MR) is 69.5 cm³/mol. The van der Waals surface area contributed by atoms with Crippen LogP contribution in [-0.2, 0) is 14.8 Å². The fourth-order valence-electron chi connectivity index (χ4n) is 1.35. The number of rotatable bonds is 6. The Bertz CT molecular complexity index is 583. The summed E-state index contributed by atoms with van der Waals surface area (Å²) < 4.78 is 25.5. The maximum Gasteiger partial charge on any atom is 0.304 e. The number of carbonyl (C=O) groups excluding carboxylic acids is 1. The number of sulfonamides is 1. The van der Waals surface area contributed by atoms with Crippen molar-refractivity contribution < 1.29 is 23.1 Å². The van der Waals surface area contributed by atoms with Crippen molar-refractivity contribution in [3.63, 3.8) is 0 Å². The Morgan fingerprint density at radius 1 is 1.26 bits per heavy atom. The summed E-state index contributed by atoms with van der Waals surface area (Å²) >= 11 is 0. The molecule has 1 aromatic rings. The van der Waals surface area contributed by atoms with Crippen LogP contribution in [0.1, 0.15) is 16.8 Å². The predicted octanol–water partition coefficient (Wildman–Crippen LogP) is 0.263. The molecule has 7 nitrogen and oxygen atoms in total. The van der Waals surface area contributed by atoms with Crippen molar-refractivity contribution in [2.75, 3.05) is 17.5 Å². The van der Waals surface area contributed by atoms with Gasteiger partial charge < -0.3 is 10.4 Å². The van der Waals surface area contributed by atoms with Gasteiger partial charge in [0.1, 0.15) is 0 Å². The van der Waals surface area contributed by atoms with Gasteiger partial charge in [-0.15, -0.1) is 0 Å². The first-order chi connectivity index (χ1) is 8.85. The SMILES string of the molecule is CNC(=O)c1ccccc1NS(=O)(=O)CCC(=O)O. The zero-order valence-corrected chi connectivity index (χ0v) is 11.0. The van der Waals surface area contributed by atoms with Crippen molar-refractivity contribution in [1.82, 2.24) is 5.32 Å². The van der Waals surface area contributed by atoms with Crippen molar-refractivity contribution >= 4 is 27.6 Å². The lowest BCUT2D eigenvalue weighted by atomic mass is 10.2. The second kappa shape index (κ2) is 6.19. The molecule has 104 valence electrons. The molecular weight excluding hydrogens is 272 g/mol. The second-order valence-electron chi connectivity index (χ2n) is 3.69. The average Bonchev–Trinajstić information content (AvgIpc) is 2.36. The van der Waals surface area contributed by atoms with Gasteiger partial charge >= 0.3 is 5.97 Å². The van der Waals surface area contributed by atoms with Crippen LogP contribution in [0.5, 0.6) is 0 Å². The van der Waals surface area contributed by atoms with Gasteiger partial charge in [0.15, 0.2) is 0 Å². The highest BCUT2D eigenvalue weighted by molar-refractivity contribution is 7.92. The summed E-state index contributed by atoms with van der Waals surface area (Å²) in [6.45, 7) is 0. The second-order valence-corrected chi connectivity index (χ2v) is 5.53. The smallest absolute Gasteiger partial charge is 0.304 e. The first-order valence-corrected chi connectivity index (χ1v) is 7.04. The van der Waals surface area contributed by atoms with Crippen molar-refractivity contribution in [2.45, 2.75) is 6.42 Å². The molecule has 3 N–H and O–H groups in total. The monoisotopic (exact) mass is 286 g/mol. The summed E-state index contributed by atoms with van der Waals surface area (Å²) in [7, 11) is -2.38. The molecule has 0 spiro atoms. The molecule has 0 atom stereocenters. The maximum absolute atomic E-state index is 11.7. The molecule has 8 heteroatoms. The third-order valence-corrected chi connectivity index (χ3v) is 3.52. The number of nitrogens with one attached hydrogen (secondary N) is 2. The molecule has 0 saturated heterocycles. The lowest BCUT2D eigenvalue weighted by Gasteiger charge is -2.11. The molecule has 0 radical (unpaired) electrons. The molecule has 0 unspecified atom stereocenters. The van der Waals surface area contributed by atoms with Crippen LogP contribution in [0.2, 0.25) is 0 Å². The van der Waals surface area contributed by atoms with E-state index in [2.05, 4.69) is 10.0 Å². The summed E-state index contributed by atoms with van der Waals surface area (Å²) in [6.07, 6.45) is -0.503. The molecule has 0 aliphatic rings. The van der Waals surface area contributed by atoms with Crippen LogP contribution in [0.4, 0.5) is 5.69 Å². The minimum absolute atomic E-state index is 0.118. The molecule has 0 aromatic heterocycles. The molecule has 1 amide bonds. The van der Waals surface area contributed by atoms with Gasteiger partial charge in [-0.25, -0.2) is 8.42 Å². The number of carbonyl (C=O) groups is 2. The van der Waals surface area contributed by atoms with E-state index in [4.69, 9.17) is 5.11 Å². The Morgan fingerprint density at radius 2 is 1.89 bits per heavy atom. The van der Waals surface area contributed by atoms with Gasteiger partial charge in [0.05, 0.1) is 23.4 Å². The lowest BCUT2D eigenvalue weighted by molar-refractivity contribution is -0.136. The van der Waals surface area contributed by atoms with Crippen LogP contribution >= 0.6 is 0 Å². The third-order valence-electron chi connectivity index (χ3n) is 2.25. The van der Waals surface area contributed by atoms with E-state index in [0.717, 1.165) is 0 Å². The highest BCUT2D eigenvalue weighted by Crippen LogP contribution is 2.16. The van der Waals surface area contributed by atoms with Gasteiger partial charge in [-0.3, -0.25) is 14.3 Å². The topological polar surface area (TPSA) is 113 Å². The number of carboxylic acids is 1. The Kier molecular flexibility index (Phi) is 4.87. The number of amides is 1. The highest BCUT2D eigenvalue weighted by atomic mass is 32.2. The van der Waals surface area contributed by atoms with Crippen molar-refractivity contribution in [3.8, 4) is 0 Å². The highest BCUT2D eigenvalue weighted by Gasteiger charge is 2.16. The number of benzene rings is 1. The van der Waals surface area contributed by atoms with E-state index in [1.807, 2.05) is 0 Å². The Labute approximate surface area is 110 Å². The lowest BCUT2D eigenvalue weighted by Crippen LogP contribution is -2.23.